The largest absolute Gasteiger partial charge is 0.465 e. The molecule has 0 spiro atoms. The first-order valence-electron chi connectivity index (χ1n) is 8.51. The number of benzene rings is 2. The van der Waals surface area contributed by atoms with Crippen LogP contribution in [-0.2, 0) is 4.74 Å². The number of carbonyl (C=O) groups excluding carboxylic acids is 1. The molecule has 3 rings (SSSR count). The molecule has 1 aliphatic heterocycles. The SMILES string of the molecule is COC(=O)c1ccc([C@@H](C)N2CCN(c3ccc(F)cc3)CC2)cc1. The molecule has 1 atom stereocenters. The molecule has 1 heterocycles. The summed E-state index contributed by atoms with van der Waals surface area (Å²) in [4.78, 5) is 16.2. The van der Waals surface area contributed by atoms with Gasteiger partial charge >= 0.3 is 5.97 Å². The molecule has 5 heteroatoms. The molecular formula is C20H23FN2O2. The second-order valence-corrected chi connectivity index (χ2v) is 6.29. The maximum absolute atomic E-state index is 13.1. The highest BCUT2D eigenvalue weighted by Gasteiger charge is 2.22. The molecule has 132 valence electrons. The summed E-state index contributed by atoms with van der Waals surface area (Å²) in [5, 5.41) is 0. The third-order valence-corrected chi connectivity index (χ3v) is 4.87. The summed E-state index contributed by atoms with van der Waals surface area (Å²) in [5.41, 5.74) is 2.82. The van der Waals surface area contributed by atoms with Crippen LogP contribution in [-0.4, -0.2) is 44.2 Å². The van der Waals surface area contributed by atoms with Gasteiger partial charge in [0, 0.05) is 37.9 Å². The van der Waals surface area contributed by atoms with Crippen molar-refractivity contribution in [2.75, 3.05) is 38.2 Å². The standard InChI is InChI=1S/C20H23FN2O2/c1-15(16-3-5-17(6-4-16)20(24)25-2)22-11-13-23(14-12-22)19-9-7-18(21)8-10-19/h3-10,15H,11-14H2,1-2H3/t15-/m1/s1. The minimum atomic E-state index is -0.313. The molecule has 0 saturated carbocycles. The fourth-order valence-corrected chi connectivity index (χ4v) is 3.25. The van der Waals surface area contributed by atoms with E-state index in [1.165, 1.54) is 24.8 Å². The number of nitrogens with zero attached hydrogens (tertiary/aromatic N) is 2. The minimum Gasteiger partial charge on any atom is -0.465 e. The number of ether oxygens (including phenoxy) is 1. The molecule has 2 aromatic rings. The highest BCUT2D eigenvalue weighted by Crippen LogP contribution is 2.24. The number of halogens is 1. The Morgan fingerprint density at radius 1 is 1.00 bits per heavy atom. The summed E-state index contributed by atoms with van der Waals surface area (Å²) in [5.74, 6) is -0.515. The first kappa shape index (κ1) is 17.4. The monoisotopic (exact) mass is 342 g/mol. The van der Waals surface area contributed by atoms with E-state index in [2.05, 4.69) is 16.7 Å². The van der Waals surface area contributed by atoms with Crippen molar-refractivity contribution in [2.45, 2.75) is 13.0 Å². The summed E-state index contributed by atoms with van der Waals surface area (Å²) in [6.07, 6.45) is 0. The second kappa shape index (κ2) is 7.66. The predicted octanol–water partition coefficient (Wildman–Crippen LogP) is 3.50. The lowest BCUT2D eigenvalue weighted by Crippen LogP contribution is -2.47. The summed E-state index contributed by atoms with van der Waals surface area (Å²) < 4.78 is 17.8. The lowest BCUT2D eigenvalue weighted by Gasteiger charge is -2.39. The van der Waals surface area contributed by atoms with Gasteiger partial charge in [0.2, 0.25) is 0 Å². The molecule has 2 aromatic carbocycles. The molecule has 0 aliphatic carbocycles. The van der Waals surface area contributed by atoms with Gasteiger partial charge in [-0.3, -0.25) is 4.90 Å². The van der Waals surface area contributed by atoms with Gasteiger partial charge in [0.25, 0.3) is 0 Å². The van der Waals surface area contributed by atoms with E-state index in [9.17, 15) is 9.18 Å². The maximum Gasteiger partial charge on any atom is 0.337 e. The molecule has 0 unspecified atom stereocenters. The number of hydrogen-bond acceptors (Lipinski definition) is 4. The van der Waals surface area contributed by atoms with Gasteiger partial charge < -0.3 is 9.64 Å². The van der Waals surface area contributed by atoms with Crippen LogP contribution in [0.2, 0.25) is 0 Å². The number of rotatable bonds is 4. The van der Waals surface area contributed by atoms with Crippen LogP contribution in [0.5, 0.6) is 0 Å². The van der Waals surface area contributed by atoms with Crippen LogP contribution >= 0.6 is 0 Å². The fraction of sp³-hybridized carbons (Fsp3) is 0.350. The Bertz CT molecular complexity index is 707. The Morgan fingerprint density at radius 2 is 1.60 bits per heavy atom. The smallest absolute Gasteiger partial charge is 0.337 e. The van der Waals surface area contributed by atoms with Gasteiger partial charge in [-0.1, -0.05) is 12.1 Å². The lowest BCUT2D eigenvalue weighted by molar-refractivity contribution is 0.0600. The van der Waals surface area contributed by atoms with Crippen molar-refractivity contribution < 1.29 is 13.9 Å². The highest BCUT2D eigenvalue weighted by molar-refractivity contribution is 5.89. The van der Waals surface area contributed by atoms with Crippen LogP contribution in [0.4, 0.5) is 10.1 Å². The van der Waals surface area contributed by atoms with Crippen molar-refractivity contribution in [3.05, 3.63) is 65.5 Å². The van der Waals surface area contributed by atoms with Crippen LogP contribution in [0.15, 0.2) is 48.5 Å². The Morgan fingerprint density at radius 3 is 2.16 bits per heavy atom. The molecule has 0 N–H and O–H groups in total. The van der Waals surface area contributed by atoms with Crippen molar-refractivity contribution in [1.82, 2.24) is 4.90 Å². The van der Waals surface area contributed by atoms with E-state index >= 15 is 0 Å². The summed E-state index contributed by atoms with van der Waals surface area (Å²) in [7, 11) is 1.39. The molecule has 0 aromatic heterocycles. The average Bonchev–Trinajstić information content (AvgIpc) is 2.67. The highest BCUT2D eigenvalue weighted by atomic mass is 19.1. The van der Waals surface area contributed by atoms with Crippen LogP contribution in [0.3, 0.4) is 0 Å². The van der Waals surface area contributed by atoms with Gasteiger partial charge in [-0.05, 0) is 48.9 Å². The summed E-state index contributed by atoms with van der Waals surface area (Å²) >= 11 is 0. The van der Waals surface area contributed by atoms with E-state index in [0.29, 0.717) is 5.56 Å². The first-order valence-corrected chi connectivity index (χ1v) is 8.51. The quantitative estimate of drug-likeness (QED) is 0.796. The van der Waals surface area contributed by atoms with Gasteiger partial charge in [0.05, 0.1) is 12.7 Å². The van der Waals surface area contributed by atoms with E-state index in [0.717, 1.165) is 31.9 Å². The van der Waals surface area contributed by atoms with E-state index in [1.54, 1.807) is 0 Å². The normalized spacial score (nSPS) is 16.5. The molecule has 1 saturated heterocycles. The van der Waals surface area contributed by atoms with Crippen molar-refractivity contribution >= 4 is 11.7 Å². The Balaban J connectivity index is 1.60. The molecule has 25 heavy (non-hydrogen) atoms. The third kappa shape index (κ3) is 3.99. The molecular weight excluding hydrogens is 319 g/mol. The fourth-order valence-electron chi connectivity index (χ4n) is 3.25. The topological polar surface area (TPSA) is 32.8 Å². The number of hydrogen-bond donors (Lipinski definition) is 0. The van der Waals surface area contributed by atoms with Crippen molar-refractivity contribution in [1.29, 1.82) is 0 Å². The third-order valence-electron chi connectivity index (χ3n) is 4.87. The van der Waals surface area contributed by atoms with E-state index < -0.39 is 0 Å². The zero-order valence-electron chi connectivity index (χ0n) is 14.6. The lowest BCUT2D eigenvalue weighted by atomic mass is 10.0. The summed E-state index contributed by atoms with van der Waals surface area (Å²) in [6.45, 7) is 5.89. The first-order chi connectivity index (χ1) is 12.1. The van der Waals surface area contributed by atoms with Crippen molar-refractivity contribution in [2.24, 2.45) is 0 Å². The Labute approximate surface area is 147 Å². The van der Waals surface area contributed by atoms with Crippen molar-refractivity contribution in [3.8, 4) is 0 Å². The predicted molar refractivity (Wildman–Crippen MR) is 96.4 cm³/mol. The molecule has 0 radical (unpaired) electrons. The van der Waals surface area contributed by atoms with Crippen LogP contribution < -0.4 is 4.90 Å². The Hall–Kier alpha value is -2.40. The average molecular weight is 342 g/mol. The number of methoxy groups -OCH3 is 1. The second-order valence-electron chi connectivity index (χ2n) is 6.29. The molecule has 1 aliphatic rings. The summed E-state index contributed by atoms with van der Waals surface area (Å²) in [6, 6.07) is 14.6. The number of carbonyl (C=O) groups is 1. The zero-order valence-corrected chi connectivity index (χ0v) is 14.6. The van der Waals surface area contributed by atoms with Crippen LogP contribution in [0.1, 0.15) is 28.9 Å². The van der Waals surface area contributed by atoms with Crippen LogP contribution in [0.25, 0.3) is 0 Å². The maximum atomic E-state index is 13.1. The Kier molecular flexibility index (Phi) is 5.34. The number of esters is 1. The minimum absolute atomic E-state index is 0.202. The van der Waals surface area contributed by atoms with Gasteiger partial charge in [0.15, 0.2) is 0 Å². The van der Waals surface area contributed by atoms with Gasteiger partial charge in [-0.2, -0.15) is 0 Å². The van der Waals surface area contributed by atoms with Gasteiger partial charge in [-0.25, -0.2) is 9.18 Å². The molecule has 1 fully saturated rings. The molecule has 0 amide bonds. The molecule has 4 nitrogen and oxygen atoms in total. The van der Waals surface area contributed by atoms with E-state index in [-0.39, 0.29) is 17.8 Å². The molecule has 0 bridgehead atoms. The van der Waals surface area contributed by atoms with E-state index in [1.807, 2.05) is 36.4 Å². The van der Waals surface area contributed by atoms with E-state index in [4.69, 9.17) is 4.74 Å². The zero-order chi connectivity index (χ0) is 17.8. The number of anilines is 1. The number of piperazine rings is 1. The van der Waals surface area contributed by atoms with Crippen molar-refractivity contribution in [3.63, 3.8) is 0 Å². The van der Waals surface area contributed by atoms with Crippen LogP contribution in [0, 0.1) is 5.82 Å². The van der Waals surface area contributed by atoms with Gasteiger partial charge in [-0.15, -0.1) is 0 Å². The van der Waals surface area contributed by atoms with Gasteiger partial charge in [0.1, 0.15) is 5.82 Å².